The number of nitrogens with zero attached hydrogens (tertiary/aromatic N) is 1. The first-order chi connectivity index (χ1) is 14.9. The molecular formula is C29H41NOW. The van der Waals surface area contributed by atoms with E-state index in [1.165, 1.54) is 11.1 Å². The molecule has 2 nitrogen and oxygen atoms in total. The maximum Gasteiger partial charge on any atom is 2.00 e. The second-order valence-corrected chi connectivity index (χ2v) is 7.36. The Bertz CT molecular complexity index is 905. The Kier molecular flexibility index (Phi) is 18.8. The van der Waals surface area contributed by atoms with E-state index in [0.717, 1.165) is 40.6 Å². The van der Waals surface area contributed by atoms with Gasteiger partial charge in [-0.25, -0.2) is 12.1 Å². The third kappa shape index (κ3) is 11.6. The smallest absolute Gasteiger partial charge is 0.356 e. The maximum absolute atomic E-state index is 6.12. The Morgan fingerprint density at radius 2 is 1.56 bits per heavy atom. The fourth-order valence-electron chi connectivity index (χ4n) is 2.89. The first-order valence-corrected chi connectivity index (χ1v) is 11.4. The Morgan fingerprint density at radius 1 is 0.969 bits per heavy atom. The first-order valence-electron chi connectivity index (χ1n) is 11.4. The van der Waals surface area contributed by atoms with E-state index in [1.54, 1.807) is 0 Å². The fourth-order valence-corrected chi connectivity index (χ4v) is 2.89. The van der Waals surface area contributed by atoms with Gasteiger partial charge in [0.25, 0.3) is 0 Å². The molecule has 0 aliphatic heterocycles. The van der Waals surface area contributed by atoms with E-state index in [2.05, 4.69) is 38.9 Å². The van der Waals surface area contributed by atoms with Crippen LogP contribution in [-0.2, 0) is 21.1 Å². The maximum atomic E-state index is 6.12. The fraction of sp³-hybridized carbons (Fsp3) is 0.414. The molecule has 0 amide bonds. The monoisotopic (exact) mass is 603 g/mol. The number of fused-ring (bicyclic) bond motifs is 1. The molecule has 1 aromatic heterocycles. The molecule has 3 rings (SSSR count). The molecule has 174 valence electrons. The number of allylic oxidation sites excluding steroid dienone is 3. The van der Waals surface area contributed by atoms with Crippen LogP contribution in [0.1, 0.15) is 79.5 Å². The van der Waals surface area contributed by atoms with Crippen LogP contribution in [0.2, 0.25) is 0 Å². The molecule has 0 fully saturated rings. The van der Waals surface area contributed by atoms with Crippen LogP contribution < -0.4 is 0 Å². The molecule has 0 saturated heterocycles. The average Bonchev–Trinajstić information content (AvgIpc) is 3.18. The van der Waals surface area contributed by atoms with E-state index in [1.807, 2.05) is 83.1 Å². The van der Waals surface area contributed by atoms with Crippen LogP contribution in [0.4, 0.5) is 0 Å². The molecule has 0 saturated carbocycles. The minimum absolute atomic E-state index is 0. The average molecular weight is 603 g/mol. The summed E-state index contributed by atoms with van der Waals surface area (Å²) < 4.78 is 5.00. The first kappa shape index (κ1) is 32.3. The summed E-state index contributed by atoms with van der Waals surface area (Å²) in [5.74, 6) is 0.582. The van der Waals surface area contributed by atoms with Crippen molar-refractivity contribution in [2.45, 2.75) is 75.2 Å². The van der Waals surface area contributed by atoms with E-state index >= 15 is 0 Å². The van der Waals surface area contributed by atoms with E-state index in [9.17, 15) is 0 Å². The second kappa shape index (κ2) is 18.6. The molecule has 3 aromatic rings. The predicted molar refractivity (Wildman–Crippen MR) is 137 cm³/mol. The molecule has 0 N–H and O–H groups in total. The van der Waals surface area contributed by atoms with Crippen molar-refractivity contribution < 1.29 is 25.6 Å². The van der Waals surface area contributed by atoms with E-state index in [4.69, 9.17) is 11.1 Å². The van der Waals surface area contributed by atoms with Gasteiger partial charge in [-0.1, -0.05) is 69.5 Å². The molecule has 1 heterocycles. The zero-order chi connectivity index (χ0) is 23.8. The van der Waals surface area contributed by atoms with Gasteiger partial charge in [0, 0.05) is 5.39 Å². The van der Waals surface area contributed by atoms with Gasteiger partial charge in [-0.2, -0.15) is 12.1 Å². The Balaban J connectivity index is 0. The van der Waals surface area contributed by atoms with Crippen LogP contribution in [0.25, 0.3) is 16.5 Å². The van der Waals surface area contributed by atoms with Crippen LogP contribution >= 0.6 is 0 Å². The molecule has 0 spiro atoms. The van der Waals surface area contributed by atoms with Crippen molar-refractivity contribution in [2.24, 2.45) is 5.92 Å². The van der Waals surface area contributed by atoms with Crippen molar-refractivity contribution in [3.8, 4) is 0 Å². The number of rotatable bonds is 5. The molecule has 0 bridgehead atoms. The van der Waals surface area contributed by atoms with Gasteiger partial charge in [-0.05, 0) is 52.2 Å². The Hall–Kier alpha value is -1.92. The van der Waals surface area contributed by atoms with Crippen molar-refractivity contribution in [3.05, 3.63) is 83.6 Å². The van der Waals surface area contributed by atoms with Gasteiger partial charge in [0.1, 0.15) is 0 Å². The van der Waals surface area contributed by atoms with Crippen LogP contribution in [0.5, 0.6) is 0 Å². The van der Waals surface area contributed by atoms with Crippen molar-refractivity contribution >= 4 is 16.5 Å². The topological polar surface area (TPSA) is 26.0 Å². The normalized spacial score (nSPS) is 10.0. The quantitative estimate of drug-likeness (QED) is 0.215. The third-order valence-corrected chi connectivity index (χ3v) is 4.69. The van der Waals surface area contributed by atoms with Crippen molar-refractivity contribution in [1.82, 2.24) is 5.16 Å². The van der Waals surface area contributed by atoms with Gasteiger partial charge in [0.05, 0.1) is 5.69 Å². The third-order valence-electron chi connectivity index (χ3n) is 4.69. The van der Waals surface area contributed by atoms with Crippen LogP contribution in [0.15, 0.2) is 64.2 Å². The van der Waals surface area contributed by atoms with Gasteiger partial charge < -0.3 is 22.2 Å². The van der Waals surface area contributed by atoms with Gasteiger partial charge in [0.2, 0.25) is 0 Å². The van der Waals surface area contributed by atoms with Crippen LogP contribution in [0, 0.1) is 25.5 Å². The number of aromatic nitrogens is 1. The summed E-state index contributed by atoms with van der Waals surface area (Å²) in [6, 6.07) is 18.9. The van der Waals surface area contributed by atoms with Crippen LogP contribution in [0.3, 0.4) is 0 Å². The standard InChI is InChI=1S/C17H22.C8H7NO.2C2H6.W/c1-13(2)15(4)11-14(3)12-16(5)17-9-7-6-8-10-17;1-6-7-4-2-3-5-8(7)10-9-6;2*1-2;/h5-9,14H,11-12H2,1-4H3;2-5H,1H3;2*1-2H3;/q-2;;;;+2. The SMILES string of the molecule is CC.CC.Cc1noc2ccccc12.[CH-]=C(CC(C)CC(C)=C(C)C)c1[c-]cccc1.[W+2]. The van der Waals surface area contributed by atoms with Crippen molar-refractivity contribution in [3.63, 3.8) is 0 Å². The van der Waals surface area contributed by atoms with Gasteiger partial charge in [-0.3, -0.25) is 0 Å². The summed E-state index contributed by atoms with van der Waals surface area (Å²) in [6.07, 6.45) is 2.06. The molecule has 32 heavy (non-hydrogen) atoms. The number of hydrogen-bond donors (Lipinski definition) is 0. The summed E-state index contributed by atoms with van der Waals surface area (Å²) in [6.45, 7) is 24.8. The van der Waals surface area contributed by atoms with E-state index < -0.39 is 0 Å². The summed E-state index contributed by atoms with van der Waals surface area (Å²) in [7, 11) is 0. The Morgan fingerprint density at radius 3 is 2.09 bits per heavy atom. The molecular weight excluding hydrogens is 562 g/mol. The zero-order valence-corrected chi connectivity index (χ0v) is 24.4. The molecule has 0 radical (unpaired) electrons. The molecule has 1 unspecified atom stereocenters. The van der Waals surface area contributed by atoms with Crippen molar-refractivity contribution in [2.75, 3.05) is 0 Å². The van der Waals surface area contributed by atoms with Crippen LogP contribution in [-0.4, -0.2) is 5.16 Å². The minimum Gasteiger partial charge on any atom is -0.356 e. The molecule has 0 aliphatic carbocycles. The number of hydrogen-bond acceptors (Lipinski definition) is 2. The summed E-state index contributed by atoms with van der Waals surface area (Å²) in [5.41, 5.74) is 6.69. The predicted octanol–water partition coefficient (Wildman–Crippen LogP) is 9.26. The molecule has 0 aliphatic rings. The second-order valence-electron chi connectivity index (χ2n) is 7.36. The largest absolute Gasteiger partial charge is 2.00 e. The molecule has 1 atom stereocenters. The van der Waals surface area contributed by atoms with E-state index in [0.29, 0.717) is 5.92 Å². The van der Waals surface area contributed by atoms with Gasteiger partial charge >= 0.3 is 21.1 Å². The van der Waals surface area contributed by atoms with Gasteiger partial charge in [-0.15, -0.1) is 6.07 Å². The molecule has 3 heteroatoms. The summed E-state index contributed by atoms with van der Waals surface area (Å²) >= 11 is 0. The number of aryl methyl sites for hydroxylation is 1. The summed E-state index contributed by atoms with van der Waals surface area (Å²) in [4.78, 5) is 0. The summed E-state index contributed by atoms with van der Waals surface area (Å²) in [5, 5.41) is 4.92. The van der Waals surface area contributed by atoms with Crippen molar-refractivity contribution in [1.29, 1.82) is 0 Å². The number of para-hydroxylation sites is 1. The van der Waals surface area contributed by atoms with E-state index in [-0.39, 0.29) is 21.1 Å². The van der Waals surface area contributed by atoms with Gasteiger partial charge in [0.15, 0.2) is 5.58 Å². The molecule has 2 aromatic carbocycles. The minimum atomic E-state index is 0. The number of benzene rings is 2. The Labute approximate surface area is 211 Å². The zero-order valence-electron chi connectivity index (χ0n) is 21.5.